The Morgan fingerprint density at radius 2 is 1.96 bits per heavy atom. The molecule has 4 atom stereocenters. The zero-order valence-corrected chi connectivity index (χ0v) is 14.8. The molecule has 3 fully saturated rings. The van der Waals surface area contributed by atoms with E-state index < -0.39 is 9.84 Å². The van der Waals surface area contributed by atoms with Crippen molar-refractivity contribution < 1.29 is 13.2 Å². The Balaban J connectivity index is 1.30. The van der Waals surface area contributed by atoms with Gasteiger partial charge < -0.3 is 16.0 Å². The number of hydrogen-bond donors (Lipinski definition) is 3. The van der Waals surface area contributed by atoms with E-state index in [9.17, 15) is 13.2 Å². The number of sulfone groups is 1. The molecule has 2 saturated carbocycles. The Kier molecular flexibility index (Phi) is 5.10. The zero-order valence-electron chi connectivity index (χ0n) is 13.2. The lowest BCUT2D eigenvalue weighted by molar-refractivity contribution is -0.121. The maximum absolute atomic E-state index is 11.8. The number of thiocarbonyl (C=S) groups is 1. The Labute approximate surface area is 143 Å². The fourth-order valence-electron chi connectivity index (χ4n) is 4.14. The van der Waals surface area contributed by atoms with Crippen LogP contribution in [0.3, 0.4) is 0 Å². The molecule has 1 amide bonds. The molecule has 2 aliphatic carbocycles. The first-order valence-corrected chi connectivity index (χ1v) is 10.7. The average Bonchev–Trinajstić information content (AvgIpc) is 3.14. The molecule has 0 aromatic carbocycles. The van der Waals surface area contributed by atoms with Crippen molar-refractivity contribution in [2.24, 2.45) is 11.8 Å². The van der Waals surface area contributed by atoms with Gasteiger partial charge in [-0.2, -0.15) is 0 Å². The van der Waals surface area contributed by atoms with Gasteiger partial charge in [-0.25, -0.2) is 8.42 Å². The summed E-state index contributed by atoms with van der Waals surface area (Å²) in [5.74, 6) is 1.74. The summed E-state index contributed by atoms with van der Waals surface area (Å²) >= 11 is 5.30. The molecule has 8 heteroatoms. The molecule has 6 nitrogen and oxygen atoms in total. The predicted molar refractivity (Wildman–Crippen MR) is 92.8 cm³/mol. The van der Waals surface area contributed by atoms with E-state index in [0.29, 0.717) is 30.5 Å². The molecular weight excluding hydrogens is 334 g/mol. The van der Waals surface area contributed by atoms with E-state index in [4.69, 9.17) is 12.2 Å². The van der Waals surface area contributed by atoms with Crippen molar-refractivity contribution >= 4 is 33.1 Å². The number of amides is 1. The molecule has 23 heavy (non-hydrogen) atoms. The molecule has 3 N–H and O–H groups in total. The van der Waals surface area contributed by atoms with Gasteiger partial charge in [-0.1, -0.05) is 6.42 Å². The summed E-state index contributed by atoms with van der Waals surface area (Å²) in [5.41, 5.74) is 0. The second-order valence-corrected chi connectivity index (χ2v) is 9.74. The van der Waals surface area contributed by atoms with Crippen molar-refractivity contribution in [3.05, 3.63) is 0 Å². The van der Waals surface area contributed by atoms with Crippen LogP contribution in [0.25, 0.3) is 0 Å². The molecule has 0 aromatic rings. The molecule has 1 aliphatic heterocycles. The Morgan fingerprint density at radius 1 is 1.13 bits per heavy atom. The number of rotatable bonds is 5. The number of hydrogen-bond acceptors (Lipinski definition) is 4. The Morgan fingerprint density at radius 3 is 2.57 bits per heavy atom. The number of nitrogens with one attached hydrogen (secondary N) is 3. The highest BCUT2D eigenvalue weighted by atomic mass is 32.2. The van der Waals surface area contributed by atoms with Crippen LogP contribution in [-0.2, 0) is 14.6 Å². The van der Waals surface area contributed by atoms with Crippen molar-refractivity contribution in [2.45, 2.75) is 50.6 Å². The van der Waals surface area contributed by atoms with Crippen molar-refractivity contribution in [2.75, 3.05) is 18.1 Å². The second-order valence-electron chi connectivity index (χ2n) is 7.10. The standard InChI is InChI=1S/C15H25N3O3S2/c19-14(17-12-4-6-23(20,21)9-12)3-5-16-15(22)18-13-8-10-1-2-11(13)7-10/h10-13H,1-9H2,(H,17,19)(H2,16,18,22). The van der Waals surface area contributed by atoms with Crippen LogP contribution >= 0.6 is 12.2 Å². The van der Waals surface area contributed by atoms with E-state index in [2.05, 4.69) is 16.0 Å². The average molecular weight is 360 g/mol. The van der Waals surface area contributed by atoms with Gasteiger partial charge in [0.15, 0.2) is 14.9 Å². The van der Waals surface area contributed by atoms with Crippen molar-refractivity contribution in [1.82, 2.24) is 16.0 Å². The van der Waals surface area contributed by atoms with Crippen LogP contribution in [0.1, 0.15) is 38.5 Å². The van der Waals surface area contributed by atoms with Gasteiger partial charge in [-0.3, -0.25) is 4.79 Å². The van der Waals surface area contributed by atoms with Crippen molar-refractivity contribution in [3.8, 4) is 0 Å². The quantitative estimate of drug-likeness (QED) is 0.614. The Bertz CT molecular complexity index is 579. The first-order chi connectivity index (χ1) is 10.9. The maximum atomic E-state index is 11.8. The van der Waals surface area contributed by atoms with E-state index in [1.807, 2.05) is 0 Å². The molecule has 4 unspecified atom stereocenters. The van der Waals surface area contributed by atoms with Gasteiger partial charge in [-0.15, -0.1) is 0 Å². The minimum absolute atomic E-state index is 0.0658. The van der Waals surface area contributed by atoms with Crippen LogP contribution in [0.2, 0.25) is 0 Å². The predicted octanol–water partition coefficient (Wildman–Crippen LogP) is 0.333. The number of fused-ring (bicyclic) bond motifs is 2. The van der Waals surface area contributed by atoms with Crippen LogP contribution in [0, 0.1) is 11.8 Å². The fourth-order valence-corrected chi connectivity index (χ4v) is 6.07. The third kappa shape index (κ3) is 4.56. The lowest BCUT2D eigenvalue weighted by atomic mass is 9.96. The molecule has 3 aliphatic rings. The molecular formula is C15H25N3O3S2. The van der Waals surface area contributed by atoms with Crippen molar-refractivity contribution in [1.29, 1.82) is 0 Å². The maximum Gasteiger partial charge on any atom is 0.222 e. The third-order valence-corrected chi connectivity index (χ3v) is 7.32. The molecule has 3 rings (SSSR count). The Hall–Kier alpha value is -0.890. The molecule has 1 heterocycles. The lowest BCUT2D eigenvalue weighted by Gasteiger charge is -2.24. The summed E-state index contributed by atoms with van der Waals surface area (Å²) in [4.78, 5) is 11.8. The summed E-state index contributed by atoms with van der Waals surface area (Å²) in [7, 11) is -2.95. The fraction of sp³-hybridized carbons (Fsp3) is 0.867. The molecule has 2 bridgehead atoms. The molecule has 0 radical (unpaired) electrons. The number of carbonyl (C=O) groups excluding carboxylic acids is 1. The van der Waals surface area contributed by atoms with Crippen LogP contribution in [0.5, 0.6) is 0 Å². The number of carbonyl (C=O) groups is 1. The first kappa shape index (κ1) is 17.0. The lowest BCUT2D eigenvalue weighted by Crippen LogP contribution is -2.45. The van der Waals surface area contributed by atoms with E-state index >= 15 is 0 Å². The van der Waals surface area contributed by atoms with Gasteiger partial charge in [0.2, 0.25) is 5.91 Å². The third-order valence-electron chi connectivity index (χ3n) is 5.29. The van der Waals surface area contributed by atoms with Gasteiger partial charge in [0.25, 0.3) is 0 Å². The topological polar surface area (TPSA) is 87.3 Å². The molecule has 1 saturated heterocycles. The van der Waals surface area contributed by atoms with E-state index in [1.165, 1.54) is 25.7 Å². The monoisotopic (exact) mass is 359 g/mol. The molecule has 0 aromatic heterocycles. The minimum Gasteiger partial charge on any atom is -0.362 e. The highest BCUT2D eigenvalue weighted by Crippen LogP contribution is 2.44. The summed E-state index contributed by atoms with van der Waals surface area (Å²) in [6.07, 6.45) is 6.02. The SMILES string of the molecule is O=C(CCNC(=S)NC1CC2CCC1C2)NC1CCS(=O)(=O)C1. The minimum atomic E-state index is -2.95. The van der Waals surface area contributed by atoms with E-state index in [0.717, 1.165) is 11.8 Å². The van der Waals surface area contributed by atoms with Gasteiger partial charge in [0, 0.05) is 25.0 Å². The largest absolute Gasteiger partial charge is 0.362 e. The van der Waals surface area contributed by atoms with Crippen LogP contribution in [0.4, 0.5) is 0 Å². The van der Waals surface area contributed by atoms with Crippen LogP contribution < -0.4 is 16.0 Å². The van der Waals surface area contributed by atoms with E-state index in [-0.39, 0.29) is 23.5 Å². The van der Waals surface area contributed by atoms with Crippen molar-refractivity contribution in [3.63, 3.8) is 0 Å². The first-order valence-electron chi connectivity index (χ1n) is 8.45. The second kappa shape index (κ2) is 6.93. The highest BCUT2D eigenvalue weighted by molar-refractivity contribution is 7.91. The van der Waals surface area contributed by atoms with Crippen LogP contribution in [0.15, 0.2) is 0 Å². The van der Waals surface area contributed by atoms with Gasteiger partial charge in [0.05, 0.1) is 11.5 Å². The zero-order chi connectivity index (χ0) is 16.4. The van der Waals surface area contributed by atoms with Crippen LogP contribution in [-0.4, -0.2) is 49.6 Å². The van der Waals surface area contributed by atoms with Gasteiger partial charge in [0.1, 0.15) is 0 Å². The summed E-state index contributed by atoms with van der Waals surface area (Å²) in [6, 6.07) is 0.262. The highest BCUT2D eigenvalue weighted by Gasteiger charge is 2.39. The summed E-state index contributed by atoms with van der Waals surface area (Å²) < 4.78 is 22.7. The van der Waals surface area contributed by atoms with E-state index in [1.54, 1.807) is 0 Å². The summed E-state index contributed by atoms with van der Waals surface area (Å²) in [6.45, 7) is 0.470. The van der Waals surface area contributed by atoms with Gasteiger partial charge in [-0.05, 0) is 49.7 Å². The molecule has 0 spiro atoms. The van der Waals surface area contributed by atoms with Gasteiger partial charge >= 0.3 is 0 Å². The smallest absolute Gasteiger partial charge is 0.222 e. The molecule has 130 valence electrons. The summed E-state index contributed by atoms with van der Waals surface area (Å²) in [5, 5.41) is 9.86. The normalized spacial score (nSPS) is 34.3.